The maximum absolute atomic E-state index is 11.6. The Labute approximate surface area is 176 Å². The quantitative estimate of drug-likeness (QED) is 0.472. The summed E-state index contributed by atoms with van der Waals surface area (Å²) < 4.78 is 8.21. The van der Waals surface area contributed by atoms with E-state index in [9.17, 15) is 10.1 Å². The summed E-state index contributed by atoms with van der Waals surface area (Å²) in [5.74, 6) is 0.961. The van der Waals surface area contributed by atoms with E-state index in [4.69, 9.17) is 4.74 Å². The highest BCUT2D eigenvalue weighted by atomic mass is 16.6. The molecule has 1 saturated heterocycles. The fraction of sp³-hybridized carbons (Fsp3) is 0.391. The summed E-state index contributed by atoms with van der Waals surface area (Å²) in [6, 6.07) is 13.3. The van der Waals surface area contributed by atoms with E-state index < -0.39 is 0 Å². The van der Waals surface area contributed by atoms with Crippen LogP contribution in [0.5, 0.6) is 11.6 Å². The molecule has 0 aliphatic carbocycles. The molecule has 2 aromatic carbocycles. The molecule has 1 fully saturated rings. The van der Waals surface area contributed by atoms with Crippen LogP contribution in [0, 0.1) is 17.0 Å². The van der Waals surface area contributed by atoms with E-state index in [1.165, 1.54) is 0 Å². The molecule has 1 aromatic heterocycles. The molecule has 1 aliphatic heterocycles. The number of nitro benzene ring substituents is 1. The van der Waals surface area contributed by atoms with Crippen molar-refractivity contribution in [1.29, 1.82) is 0 Å². The molecule has 7 heteroatoms. The lowest BCUT2D eigenvalue weighted by molar-refractivity contribution is -0.385. The van der Waals surface area contributed by atoms with Crippen LogP contribution < -0.4 is 10.1 Å². The Hall–Kier alpha value is -2.90. The van der Waals surface area contributed by atoms with Gasteiger partial charge in [-0.3, -0.25) is 10.1 Å². The van der Waals surface area contributed by atoms with E-state index in [0.29, 0.717) is 5.88 Å². The summed E-state index contributed by atoms with van der Waals surface area (Å²) in [5, 5.41) is 16.1. The molecule has 0 unspecified atom stereocenters. The number of para-hydroxylation sites is 1. The molecular weight excluding hydrogens is 380 g/mol. The van der Waals surface area contributed by atoms with Crippen LogP contribution in [0.4, 0.5) is 5.69 Å². The minimum atomic E-state index is -0.380. The summed E-state index contributed by atoms with van der Waals surface area (Å²) in [7, 11) is 1.96. The summed E-state index contributed by atoms with van der Waals surface area (Å²) >= 11 is 0. The second-order valence-corrected chi connectivity index (χ2v) is 7.89. The molecule has 0 spiro atoms. The highest BCUT2D eigenvalue weighted by Gasteiger charge is 2.22. The van der Waals surface area contributed by atoms with Gasteiger partial charge in [0, 0.05) is 50.2 Å². The number of hydrogen-bond donors (Lipinski definition) is 1. The van der Waals surface area contributed by atoms with Crippen LogP contribution in [0.1, 0.15) is 17.5 Å². The Morgan fingerprint density at radius 1 is 1.17 bits per heavy atom. The van der Waals surface area contributed by atoms with Crippen molar-refractivity contribution in [3.05, 3.63) is 63.7 Å². The Bertz CT molecular complexity index is 1050. The zero-order valence-corrected chi connectivity index (χ0v) is 17.6. The molecule has 158 valence electrons. The number of piperazine rings is 1. The summed E-state index contributed by atoms with van der Waals surface area (Å²) in [5.41, 5.74) is 3.01. The van der Waals surface area contributed by atoms with E-state index in [1.54, 1.807) is 12.1 Å². The van der Waals surface area contributed by atoms with Crippen molar-refractivity contribution in [2.75, 3.05) is 32.7 Å². The molecule has 0 amide bonds. The fourth-order valence-electron chi connectivity index (χ4n) is 4.19. The third-order valence-electron chi connectivity index (χ3n) is 5.78. The first-order valence-electron chi connectivity index (χ1n) is 10.5. The minimum Gasteiger partial charge on any atom is -0.433 e. The van der Waals surface area contributed by atoms with Crippen molar-refractivity contribution >= 4 is 16.6 Å². The van der Waals surface area contributed by atoms with Gasteiger partial charge in [-0.1, -0.05) is 24.3 Å². The number of benzene rings is 2. The zero-order chi connectivity index (χ0) is 21.1. The second kappa shape index (κ2) is 8.85. The lowest BCUT2D eigenvalue weighted by Gasteiger charge is -2.27. The van der Waals surface area contributed by atoms with Crippen molar-refractivity contribution in [3.8, 4) is 11.6 Å². The highest BCUT2D eigenvalue weighted by molar-refractivity contribution is 5.87. The number of aryl methyl sites for hydroxylation is 3. The number of aromatic nitrogens is 1. The van der Waals surface area contributed by atoms with Gasteiger partial charge in [-0.05, 0) is 44.0 Å². The number of nitrogens with zero attached hydrogens (tertiary/aromatic N) is 3. The van der Waals surface area contributed by atoms with Crippen molar-refractivity contribution in [3.63, 3.8) is 0 Å². The molecule has 0 saturated carbocycles. The predicted octanol–water partition coefficient (Wildman–Crippen LogP) is 4.03. The first kappa shape index (κ1) is 20.4. The van der Waals surface area contributed by atoms with Gasteiger partial charge in [0.1, 0.15) is 0 Å². The Balaban J connectivity index is 1.64. The van der Waals surface area contributed by atoms with E-state index in [2.05, 4.69) is 22.3 Å². The highest BCUT2D eigenvalue weighted by Crippen LogP contribution is 2.38. The van der Waals surface area contributed by atoms with Crippen molar-refractivity contribution in [2.45, 2.75) is 19.8 Å². The topological polar surface area (TPSA) is 72.6 Å². The smallest absolute Gasteiger partial charge is 0.311 e. The van der Waals surface area contributed by atoms with Crippen molar-refractivity contribution in [1.82, 2.24) is 14.8 Å². The molecule has 3 aromatic rings. The molecule has 0 radical (unpaired) electrons. The lowest BCUT2D eigenvalue weighted by atomic mass is 10.1. The van der Waals surface area contributed by atoms with E-state index in [-0.39, 0.29) is 16.4 Å². The largest absolute Gasteiger partial charge is 0.433 e. The lowest BCUT2D eigenvalue weighted by Crippen LogP contribution is -2.43. The molecule has 0 atom stereocenters. The average molecular weight is 409 g/mol. The average Bonchev–Trinajstić information content (AvgIpc) is 3.02. The Kier molecular flexibility index (Phi) is 6.01. The van der Waals surface area contributed by atoms with Crippen molar-refractivity contribution < 1.29 is 9.66 Å². The van der Waals surface area contributed by atoms with Crippen molar-refractivity contribution in [2.24, 2.45) is 7.05 Å². The summed E-state index contributed by atoms with van der Waals surface area (Å²) in [6.07, 6.45) is 1.88. The molecule has 30 heavy (non-hydrogen) atoms. The number of nitrogens with one attached hydrogen (secondary N) is 1. The van der Waals surface area contributed by atoms with Gasteiger partial charge >= 0.3 is 5.69 Å². The number of rotatable bonds is 7. The third-order valence-corrected chi connectivity index (χ3v) is 5.78. The van der Waals surface area contributed by atoms with Crippen LogP contribution in [0.3, 0.4) is 0 Å². The van der Waals surface area contributed by atoms with Crippen LogP contribution in [0.25, 0.3) is 10.9 Å². The Morgan fingerprint density at radius 3 is 2.70 bits per heavy atom. The SMILES string of the molecule is Cc1ccc(Oc2c(CCCN3CCNCC3)c3ccccc3n2C)c([N+](=O)[O-])c1. The molecule has 7 nitrogen and oxygen atoms in total. The van der Waals surface area contributed by atoms with Crippen LogP contribution in [0.15, 0.2) is 42.5 Å². The van der Waals surface area contributed by atoms with E-state index in [0.717, 1.165) is 67.6 Å². The number of ether oxygens (including phenoxy) is 1. The number of nitro groups is 1. The number of hydrogen-bond acceptors (Lipinski definition) is 5. The molecule has 2 heterocycles. The predicted molar refractivity (Wildman–Crippen MR) is 118 cm³/mol. The monoisotopic (exact) mass is 408 g/mol. The van der Waals surface area contributed by atoms with Crippen LogP contribution >= 0.6 is 0 Å². The second-order valence-electron chi connectivity index (χ2n) is 7.89. The van der Waals surface area contributed by atoms with Gasteiger partial charge in [-0.25, -0.2) is 0 Å². The first-order valence-corrected chi connectivity index (χ1v) is 10.5. The number of fused-ring (bicyclic) bond motifs is 1. The maximum atomic E-state index is 11.6. The van der Waals surface area contributed by atoms with Gasteiger partial charge in [0.05, 0.1) is 10.4 Å². The van der Waals surface area contributed by atoms with Crippen LogP contribution in [0.2, 0.25) is 0 Å². The van der Waals surface area contributed by atoms with Gasteiger partial charge in [0.25, 0.3) is 0 Å². The first-order chi connectivity index (χ1) is 14.5. The molecule has 4 rings (SSSR count). The molecule has 1 aliphatic rings. The van der Waals surface area contributed by atoms with E-state index in [1.807, 2.05) is 36.7 Å². The normalized spacial score (nSPS) is 14.9. The standard InChI is InChI=1S/C23H28N4O3/c1-17-9-10-22(21(16-17)27(28)29)30-23-19(7-5-13-26-14-11-24-12-15-26)18-6-3-4-8-20(18)25(23)2/h3-4,6,8-10,16,24H,5,7,11-15H2,1-2H3. The molecular formula is C23H28N4O3. The van der Waals surface area contributed by atoms with Gasteiger partial charge in [-0.15, -0.1) is 0 Å². The van der Waals surface area contributed by atoms with Gasteiger partial charge in [0.2, 0.25) is 11.6 Å². The van der Waals surface area contributed by atoms with Gasteiger partial charge in [0.15, 0.2) is 0 Å². The summed E-state index contributed by atoms with van der Waals surface area (Å²) in [6.45, 7) is 7.12. The molecule has 1 N–H and O–H groups in total. The molecule has 0 bridgehead atoms. The Morgan fingerprint density at radius 2 is 1.93 bits per heavy atom. The minimum absolute atomic E-state index is 0.00739. The van der Waals surface area contributed by atoms with E-state index >= 15 is 0 Å². The third kappa shape index (κ3) is 4.17. The maximum Gasteiger partial charge on any atom is 0.311 e. The zero-order valence-electron chi connectivity index (χ0n) is 17.6. The fourth-order valence-corrected chi connectivity index (χ4v) is 4.19. The van der Waals surface area contributed by atoms with Gasteiger partial charge in [-0.2, -0.15) is 0 Å². The van der Waals surface area contributed by atoms with Gasteiger partial charge < -0.3 is 19.5 Å². The van der Waals surface area contributed by atoms with Crippen LogP contribution in [-0.4, -0.2) is 47.1 Å². The van der Waals surface area contributed by atoms with Crippen LogP contribution in [-0.2, 0) is 13.5 Å². The summed E-state index contributed by atoms with van der Waals surface area (Å²) in [4.78, 5) is 13.7.